The lowest BCUT2D eigenvalue weighted by Gasteiger charge is -2.33. The molecule has 1 aliphatic heterocycles. The van der Waals surface area contributed by atoms with Crippen LogP contribution in [0.25, 0.3) is 0 Å². The third-order valence-electron chi connectivity index (χ3n) is 4.65. The molecule has 2 fully saturated rings. The second-order valence-electron chi connectivity index (χ2n) is 6.07. The van der Waals surface area contributed by atoms with E-state index >= 15 is 0 Å². The molecule has 0 unspecified atom stereocenters. The Bertz CT molecular complexity index is 560. The van der Waals surface area contributed by atoms with Gasteiger partial charge in [-0.1, -0.05) is 12.8 Å². The third kappa shape index (κ3) is 2.99. The van der Waals surface area contributed by atoms with E-state index in [-0.39, 0.29) is 5.91 Å². The van der Waals surface area contributed by atoms with Gasteiger partial charge < -0.3 is 10.4 Å². The number of carboxylic acid groups (broad SMARTS) is 1. The highest BCUT2D eigenvalue weighted by atomic mass is 32.2. The minimum atomic E-state index is -1.14. The Hall–Kier alpha value is -1.50. The minimum Gasteiger partial charge on any atom is -0.480 e. The van der Waals surface area contributed by atoms with Crippen molar-refractivity contribution in [2.24, 2.45) is 0 Å². The highest BCUT2D eigenvalue weighted by Gasteiger charge is 2.41. The average molecular weight is 323 g/mol. The maximum absolute atomic E-state index is 12.4. The van der Waals surface area contributed by atoms with Gasteiger partial charge in [-0.2, -0.15) is 16.9 Å². The summed E-state index contributed by atoms with van der Waals surface area (Å²) in [4.78, 5) is 24.0. The molecule has 1 saturated carbocycles. The molecule has 2 heterocycles. The van der Waals surface area contributed by atoms with Crippen LogP contribution in [0.15, 0.2) is 12.3 Å². The number of thioether (sulfide) groups is 1. The van der Waals surface area contributed by atoms with E-state index in [9.17, 15) is 14.7 Å². The molecule has 0 spiro atoms. The number of amides is 1. The summed E-state index contributed by atoms with van der Waals surface area (Å²) in [6.45, 7) is 0. The Morgan fingerprint density at radius 3 is 2.64 bits per heavy atom. The summed E-state index contributed by atoms with van der Waals surface area (Å²) in [5, 5.41) is 16.6. The van der Waals surface area contributed by atoms with Crippen molar-refractivity contribution < 1.29 is 14.7 Å². The van der Waals surface area contributed by atoms with Crippen LogP contribution < -0.4 is 5.32 Å². The van der Waals surface area contributed by atoms with Crippen LogP contribution in [-0.2, 0) is 4.79 Å². The van der Waals surface area contributed by atoms with Gasteiger partial charge in [0.25, 0.3) is 5.91 Å². The van der Waals surface area contributed by atoms with Gasteiger partial charge in [0.2, 0.25) is 0 Å². The second-order valence-corrected chi connectivity index (χ2v) is 7.30. The Labute approximate surface area is 133 Å². The summed E-state index contributed by atoms with van der Waals surface area (Å²) >= 11 is 1.72. The first-order valence-corrected chi connectivity index (χ1v) is 8.95. The largest absolute Gasteiger partial charge is 0.480 e. The third-order valence-corrected chi connectivity index (χ3v) is 5.63. The maximum Gasteiger partial charge on any atom is 0.329 e. The van der Waals surface area contributed by atoms with Gasteiger partial charge in [0.05, 0.1) is 6.04 Å². The van der Waals surface area contributed by atoms with Crippen molar-refractivity contribution in [1.29, 1.82) is 0 Å². The van der Waals surface area contributed by atoms with Gasteiger partial charge in [-0.15, -0.1) is 0 Å². The van der Waals surface area contributed by atoms with E-state index in [2.05, 4.69) is 10.4 Å². The molecule has 1 amide bonds. The zero-order valence-electron chi connectivity index (χ0n) is 12.5. The number of carbonyl (C=O) groups excluding carboxylic acids is 1. The van der Waals surface area contributed by atoms with Crippen molar-refractivity contribution in [3.63, 3.8) is 0 Å². The number of aromatic nitrogens is 2. The molecule has 120 valence electrons. The first-order valence-electron chi connectivity index (χ1n) is 7.79. The van der Waals surface area contributed by atoms with Crippen molar-refractivity contribution in [3.05, 3.63) is 18.0 Å². The minimum absolute atomic E-state index is 0.311. The average Bonchev–Trinajstić information content (AvgIpc) is 3.19. The Morgan fingerprint density at radius 2 is 2.00 bits per heavy atom. The molecule has 3 rings (SSSR count). The zero-order valence-corrected chi connectivity index (χ0v) is 13.3. The fourth-order valence-electron chi connectivity index (χ4n) is 3.22. The summed E-state index contributed by atoms with van der Waals surface area (Å²) in [5.41, 5.74) is -0.829. The molecule has 0 aromatic carbocycles. The normalized spacial score (nSPS) is 21.6. The van der Waals surface area contributed by atoms with Crippen molar-refractivity contribution in [1.82, 2.24) is 15.1 Å². The summed E-state index contributed by atoms with van der Waals surface area (Å²) in [6, 6.07) is 2.06. The number of rotatable bonds is 4. The number of nitrogens with one attached hydrogen (secondary N) is 1. The lowest BCUT2D eigenvalue weighted by Crippen LogP contribution is -2.56. The fraction of sp³-hybridized carbons (Fsp3) is 0.667. The van der Waals surface area contributed by atoms with Crippen LogP contribution in [0.4, 0.5) is 0 Å². The molecule has 0 bridgehead atoms. The predicted molar refractivity (Wildman–Crippen MR) is 84.1 cm³/mol. The molecule has 1 aliphatic carbocycles. The summed E-state index contributed by atoms with van der Waals surface area (Å²) in [7, 11) is 0. The van der Waals surface area contributed by atoms with E-state index in [1.54, 1.807) is 17.8 Å². The van der Waals surface area contributed by atoms with E-state index < -0.39 is 11.5 Å². The fourth-order valence-corrected chi connectivity index (χ4v) is 4.41. The second kappa shape index (κ2) is 6.32. The van der Waals surface area contributed by atoms with Crippen LogP contribution in [-0.4, -0.2) is 43.8 Å². The Kier molecular flexibility index (Phi) is 4.42. The van der Waals surface area contributed by atoms with Crippen LogP contribution in [0.1, 0.15) is 55.1 Å². The van der Waals surface area contributed by atoms with Crippen molar-refractivity contribution >= 4 is 23.6 Å². The lowest BCUT2D eigenvalue weighted by atomic mass is 9.92. The SMILES string of the molecule is O=C(NC1(C(=O)O)CCSCC1)c1ccn(C2CCCC2)n1. The van der Waals surface area contributed by atoms with Gasteiger partial charge in [-0.25, -0.2) is 4.79 Å². The van der Waals surface area contributed by atoms with Crippen molar-refractivity contribution in [2.45, 2.75) is 50.1 Å². The van der Waals surface area contributed by atoms with E-state index in [1.165, 1.54) is 12.8 Å². The molecule has 1 aromatic rings. The lowest BCUT2D eigenvalue weighted by molar-refractivity contribution is -0.144. The zero-order chi connectivity index (χ0) is 15.6. The number of hydrogen-bond acceptors (Lipinski definition) is 4. The monoisotopic (exact) mass is 323 g/mol. The van der Waals surface area contributed by atoms with Gasteiger partial charge in [0.15, 0.2) is 0 Å². The summed E-state index contributed by atoms with van der Waals surface area (Å²) < 4.78 is 1.85. The van der Waals surface area contributed by atoms with E-state index in [0.717, 1.165) is 24.3 Å². The molecule has 1 saturated heterocycles. The molecule has 0 radical (unpaired) electrons. The van der Waals surface area contributed by atoms with Gasteiger partial charge in [-0.05, 0) is 43.3 Å². The number of hydrogen-bond donors (Lipinski definition) is 2. The van der Waals surface area contributed by atoms with Crippen LogP contribution in [0.2, 0.25) is 0 Å². The number of carboxylic acids is 1. The molecular weight excluding hydrogens is 302 g/mol. The van der Waals surface area contributed by atoms with E-state index in [4.69, 9.17) is 0 Å². The molecule has 22 heavy (non-hydrogen) atoms. The smallest absolute Gasteiger partial charge is 0.329 e. The number of aliphatic carboxylic acids is 1. The summed E-state index contributed by atoms with van der Waals surface area (Å²) in [5.74, 6) is 0.175. The quantitative estimate of drug-likeness (QED) is 0.886. The predicted octanol–water partition coefficient (Wildman–Crippen LogP) is 2.08. The van der Waals surface area contributed by atoms with Gasteiger partial charge in [-0.3, -0.25) is 9.48 Å². The standard InChI is InChI=1S/C15H21N3O3S/c19-13(16-15(14(20)21)6-9-22-10-7-15)12-5-8-18(17-12)11-3-1-2-4-11/h5,8,11H,1-4,6-7,9-10H2,(H,16,19)(H,20,21). The van der Waals surface area contributed by atoms with Crippen LogP contribution in [0.3, 0.4) is 0 Å². The molecule has 7 heteroatoms. The van der Waals surface area contributed by atoms with Gasteiger partial charge in [0.1, 0.15) is 11.2 Å². The molecule has 6 nitrogen and oxygen atoms in total. The first kappa shape index (κ1) is 15.4. The van der Waals surface area contributed by atoms with Gasteiger partial charge >= 0.3 is 5.97 Å². The number of carbonyl (C=O) groups is 2. The van der Waals surface area contributed by atoms with E-state index in [0.29, 0.717) is 24.6 Å². The Morgan fingerprint density at radius 1 is 1.32 bits per heavy atom. The van der Waals surface area contributed by atoms with Crippen molar-refractivity contribution in [2.75, 3.05) is 11.5 Å². The van der Waals surface area contributed by atoms with Crippen LogP contribution in [0, 0.1) is 0 Å². The number of nitrogens with zero attached hydrogens (tertiary/aromatic N) is 2. The molecule has 2 aliphatic rings. The van der Waals surface area contributed by atoms with E-state index in [1.807, 2.05) is 10.9 Å². The Balaban J connectivity index is 1.71. The van der Waals surface area contributed by atoms with Crippen LogP contribution in [0.5, 0.6) is 0 Å². The highest BCUT2D eigenvalue weighted by molar-refractivity contribution is 7.99. The molecular formula is C15H21N3O3S. The van der Waals surface area contributed by atoms with Gasteiger partial charge in [0, 0.05) is 6.20 Å². The molecule has 1 aromatic heterocycles. The molecule has 2 N–H and O–H groups in total. The summed E-state index contributed by atoms with van der Waals surface area (Å²) in [6.07, 6.45) is 7.34. The maximum atomic E-state index is 12.4. The topological polar surface area (TPSA) is 84.2 Å². The van der Waals surface area contributed by atoms with Crippen molar-refractivity contribution in [3.8, 4) is 0 Å². The first-order chi connectivity index (χ1) is 10.6. The van der Waals surface area contributed by atoms with Crippen LogP contribution >= 0.6 is 11.8 Å². The highest BCUT2D eigenvalue weighted by Crippen LogP contribution is 2.29. The molecule has 0 atom stereocenters.